The molecule has 0 aliphatic rings. The fraction of sp³-hybridized carbons (Fsp3) is 0.417. The number of hydrogen-bond acceptors (Lipinski definition) is 6. The number of carbonyl (C=O) groups excluding carboxylic acids is 2. The van der Waals surface area contributed by atoms with Gasteiger partial charge in [0.25, 0.3) is 0 Å². The van der Waals surface area contributed by atoms with E-state index in [4.69, 9.17) is 9.47 Å². The van der Waals surface area contributed by atoms with Crippen LogP contribution >= 0.6 is 0 Å². The molecule has 0 heterocycles. The van der Waals surface area contributed by atoms with Crippen LogP contribution in [0.5, 0.6) is 11.5 Å². The third-order valence-corrected chi connectivity index (χ3v) is 6.34. The van der Waals surface area contributed by atoms with Crippen LogP contribution in [0.25, 0.3) is 0 Å². The average Bonchev–Trinajstić information content (AvgIpc) is 2.79. The highest BCUT2D eigenvalue weighted by Gasteiger charge is 2.30. The van der Waals surface area contributed by atoms with E-state index in [1.807, 2.05) is 0 Å². The molecule has 2 aromatic rings. The van der Waals surface area contributed by atoms with E-state index < -0.39 is 40.2 Å². The maximum atomic E-state index is 13.5. The number of anilines is 1. The number of nitrogens with one attached hydrogen (secondary N) is 1. The normalized spacial score (nSPS) is 12.1. The molecule has 0 radical (unpaired) electrons. The molecule has 2 aromatic carbocycles. The number of hydrogen-bond donors (Lipinski definition) is 1. The van der Waals surface area contributed by atoms with Crippen LogP contribution in [-0.2, 0) is 26.2 Å². The van der Waals surface area contributed by atoms with E-state index >= 15 is 0 Å². The Morgan fingerprint density at radius 1 is 1.00 bits per heavy atom. The summed E-state index contributed by atoms with van der Waals surface area (Å²) in [5.74, 6) is -0.755. The zero-order chi connectivity index (χ0) is 26.3. The van der Waals surface area contributed by atoms with Gasteiger partial charge in [-0.15, -0.1) is 0 Å². The van der Waals surface area contributed by atoms with Crippen molar-refractivity contribution < 1.29 is 31.9 Å². The summed E-state index contributed by atoms with van der Waals surface area (Å²) in [6.07, 6.45) is 0.982. The highest BCUT2D eigenvalue weighted by Crippen LogP contribution is 2.32. The van der Waals surface area contributed by atoms with Crippen molar-refractivity contribution in [1.82, 2.24) is 10.2 Å². The van der Waals surface area contributed by atoms with Crippen LogP contribution in [0, 0.1) is 5.82 Å². The van der Waals surface area contributed by atoms with Gasteiger partial charge in [-0.2, -0.15) is 0 Å². The van der Waals surface area contributed by atoms with Gasteiger partial charge in [0, 0.05) is 18.7 Å². The van der Waals surface area contributed by atoms with Crippen LogP contribution in [0.1, 0.15) is 26.3 Å². The van der Waals surface area contributed by atoms with Gasteiger partial charge in [-0.05, 0) is 50.6 Å². The van der Waals surface area contributed by atoms with Crippen molar-refractivity contribution in [2.75, 3.05) is 31.3 Å². The molecule has 0 aromatic heterocycles. The number of methoxy groups -OCH3 is 2. The molecular weight excluding hydrogens is 477 g/mol. The summed E-state index contributed by atoms with van der Waals surface area (Å²) in [5, 5.41) is 2.76. The number of sulfonamides is 1. The molecule has 0 spiro atoms. The Morgan fingerprint density at radius 2 is 1.60 bits per heavy atom. The highest BCUT2D eigenvalue weighted by atomic mass is 32.2. The molecule has 1 N–H and O–H groups in total. The zero-order valence-electron chi connectivity index (χ0n) is 20.7. The maximum absolute atomic E-state index is 13.5. The van der Waals surface area contributed by atoms with E-state index in [1.54, 1.807) is 20.8 Å². The molecule has 35 heavy (non-hydrogen) atoms. The Morgan fingerprint density at radius 3 is 2.11 bits per heavy atom. The highest BCUT2D eigenvalue weighted by molar-refractivity contribution is 7.92. The molecule has 1 atom stereocenters. The average molecular weight is 510 g/mol. The minimum absolute atomic E-state index is 0.0185. The summed E-state index contributed by atoms with van der Waals surface area (Å²) in [6, 6.07) is 8.92. The van der Waals surface area contributed by atoms with E-state index in [1.165, 1.54) is 61.6 Å². The summed E-state index contributed by atoms with van der Waals surface area (Å²) in [7, 11) is -1.03. The first-order chi connectivity index (χ1) is 16.4. The zero-order valence-corrected chi connectivity index (χ0v) is 21.6. The molecule has 11 heteroatoms. The van der Waals surface area contributed by atoms with Gasteiger partial charge in [-0.25, -0.2) is 12.8 Å². The van der Waals surface area contributed by atoms with Crippen LogP contribution in [0.2, 0.25) is 0 Å². The number of ether oxygens (including phenoxy) is 2. The van der Waals surface area contributed by atoms with Crippen LogP contribution in [0.15, 0.2) is 42.5 Å². The number of benzene rings is 2. The lowest BCUT2D eigenvalue weighted by molar-refractivity contribution is -0.139. The van der Waals surface area contributed by atoms with Crippen LogP contribution in [0.3, 0.4) is 0 Å². The van der Waals surface area contributed by atoms with E-state index in [2.05, 4.69) is 5.32 Å². The summed E-state index contributed by atoms with van der Waals surface area (Å²) >= 11 is 0. The van der Waals surface area contributed by atoms with Crippen LogP contribution in [-0.4, -0.2) is 64.2 Å². The number of rotatable bonds is 11. The Kier molecular flexibility index (Phi) is 9.47. The topological polar surface area (TPSA) is 105 Å². The second-order valence-electron chi connectivity index (χ2n) is 8.30. The smallest absolute Gasteiger partial charge is 0.244 e. The Balaban J connectivity index is 2.43. The molecule has 1 unspecified atom stereocenters. The van der Waals surface area contributed by atoms with Gasteiger partial charge in [-0.3, -0.25) is 13.9 Å². The fourth-order valence-corrected chi connectivity index (χ4v) is 4.21. The number of nitrogens with zero attached hydrogens (tertiary/aromatic N) is 2. The number of amides is 2. The van der Waals surface area contributed by atoms with Crippen LogP contribution < -0.4 is 19.1 Å². The van der Waals surface area contributed by atoms with Crippen LogP contribution in [0.4, 0.5) is 10.1 Å². The first-order valence-electron chi connectivity index (χ1n) is 10.9. The summed E-state index contributed by atoms with van der Waals surface area (Å²) < 4.78 is 50.1. The van der Waals surface area contributed by atoms with E-state index in [9.17, 15) is 22.4 Å². The van der Waals surface area contributed by atoms with Gasteiger partial charge in [0.1, 0.15) is 18.4 Å². The van der Waals surface area contributed by atoms with Crippen molar-refractivity contribution in [2.24, 2.45) is 0 Å². The molecule has 0 saturated heterocycles. The molecule has 0 aliphatic heterocycles. The third kappa shape index (κ3) is 7.57. The number of halogens is 1. The molecular formula is C24H32FN3O6S. The van der Waals surface area contributed by atoms with Gasteiger partial charge in [0.05, 0.1) is 26.2 Å². The first-order valence-corrected chi connectivity index (χ1v) is 12.8. The monoisotopic (exact) mass is 509 g/mol. The minimum Gasteiger partial charge on any atom is -0.493 e. The van der Waals surface area contributed by atoms with Gasteiger partial charge < -0.3 is 19.7 Å². The summed E-state index contributed by atoms with van der Waals surface area (Å²) in [5.41, 5.74) is 0.778. The number of carbonyl (C=O) groups is 2. The van der Waals surface area contributed by atoms with Crippen molar-refractivity contribution >= 4 is 27.5 Å². The maximum Gasteiger partial charge on any atom is 0.244 e. The summed E-state index contributed by atoms with van der Waals surface area (Å²) in [4.78, 5) is 27.5. The third-order valence-electron chi connectivity index (χ3n) is 5.20. The second kappa shape index (κ2) is 11.9. The predicted molar refractivity (Wildman–Crippen MR) is 131 cm³/mol. The fourth-order valence-electron chi connectivity index (χ4n) is 3.37. The second-order valence-corrected chi connectivity index (χ2v) is 10.2. The predicted octanol–water partition coefficient (Wildman–Crippen LogP) is 2.55. The lowest BCUT2D eigenvalue weighted by atomic mass is 10.1. The molecule has 2 amide bonds. The van der Waals surface area contributed by atoms with Gasteiger partial charge >= 0.3 is 0 Å². The quantitative estimate of drug-likeness (QED) is 0.499. The van der Waals surface area contributed by atoms with Crippen molar-refractivity contribution in [3.63, 3.8) is 0 Å². The molecule has 9 nitrogen and oxygen atoms in total. The Hall–Kier alpha value is -3.34. The largest absolute Gasteiger partial charge is 0.493 e. The van der Waals surface area contributed by atoms with Crippen molar-refractivity contribution in [1.29, 1.82) is 0 Å². The van der Waals surface area contributed by atoms with Gasteiger partial charge in [-0.1, -0.05) is 12.1 Å². The SMILES string of the molecule is COc1ccc(N(CC(=O)N(Cc2ccc(F)cc2)C(C)C(=O)NC(C)C)S(C)(=O)=O)cc1OC. The Labute approximate surface area is 205 Å². The van der Waals surface area contributed by atoms with Crippen molar-refractivity contribution in [3.05, 3.63) is 53.8 Å². The molecule has 0 saturated carbocycles. The van der Waals surface area contributed by atoms with E-state index in [-0.39, 0.29) is 18.3 Å². The van der Waals surface area contributed by atoms with Crippen molar-refractivity contribution in [2.45, 2.75) is 39.4 Å². The van der Waals surface area contributed by atoms with E-state index in [0.717, 1.165) is 10.6 Å². The lowest BCUT2D eigenvalue weighted by Crippen LogP contribution is -2.52. The van der Waals surface area contributed by atoms with Crippen molar-refractivity contribution in [3.8, 4) is 11.5 Å². The Bertz CT molecular complexity index is 1140. The van der Waals surface area contributed by atoms with E-state index in [0.29, 0.717) is 17.1 Å². The molecule has 2 rings (SSSR count). The first kappa shape index (κ1) is 27.9. The van der Waals surface area contributed by atoms with Gasteiger partial charge in [0.2, 0.25) is 21.8 Å². The minimum atomic E-state index is -3.90. The molecule has 192 valence electrons. The van der Waals surface area contributed by atoms with Gasteiger partial charge in [0.15, 0.2) is 11.5 Å². The molecule has 0 fully saturated rings. The molecule has 0 bridgehead atoms. The molecule has 0 aliphatic carbocycles. The lowest BCUT2D eigenvalue weighted by Gasteiger charge is -2.32. The summed E-state index contributed by atoms with van der Waals surface area (Å²) in [6.45, 7) is 4.56. The standard InChI is InChI=1S/C24H32FN3O6S/c1-16(2)26-24(30)17(3)27(14-18-7-9-19(25)10-8-18)23(29)15-28(35(6,31)32)20-11-12-21(33-4)22(13-20)34-5/h7-13,16-17H,14-15H2,1-6H3,(H,26,30).